The van der Waals surface area contributed by atoms with Crippen LogP contribution in [0.2, 0.25) is 10.0 Å². The number of ether oxygens (including phenoxy) is 2. The molecule has 0 saturated heterocycles. The van der Waals surface area contributed by atoms with Crippen molar-refractivity contribution in [2.45, 2.75) is 6.92 Å². The second kappa shape index (κ2) is 9.51. The first-order valence-corrected chi connectivity index (χ1v) is 10.9. The van der Waals surface area contributed by atoms with Crippen LogP contribution in [-0.2, 0) is 4.79 Å². The van der Waals surface area contributed by atoms with Crippen molar-refractivity contribution in [2.24, 2.45) is 0 Å². The molecule has 0 aromatic heterocycles. The average molecular weight is 466 g/mol. The minimum absolute atomic E-state index is 0.148. The Balaban J connectivity index is 1.77. The van der Waals surface area contributed by atoms with Crippen molar-refractivity contribution >= 4 is 46.6 Å². The van der Waals surface area contributed by atoms with Crippen molar-refractivity contribution in [1.29, 1.82) is 0 Å². The molecule has 162 valence electrons. The topological polar surface area (TPSA) is 38.8 Å². The molecule has 0 N–H and O–H groups in total. The Hall–Kier alpha value is -3.21. The molecule has 32 heavy (non-hydrogen) atoms. The maximum atomic E-state index is 13.5. The first-order valence-electron chi connectivity index (χ1n) is 10.1. The first kappa shape index (κ1) is 22.0. The minimum atomic E-state index is -0.148. The van der Waals surface area contributed by atoms with Crippen LogP contribution < -0.4 is 14.4 Å². The van der Waals surface area contributed by atoms with E-state index >= 15 is 0 Å². The second-order valence-electron chi connectivity index (χ2n) is 7.10. The van der Waals surface area contributed by atoms with Gasteiger partial charge < -0.3 is 9.47 Å². The van der Waals surface area contributed by atoms with Gasteiger partial charge in [-0.1, -0.05) is 47.5 Å². The number of benzene rings is 3. The van der Waals surface area contributed by atoms with Crippen LogP contribution in [0.1, 0.15) is 18.1 Å². The molecule has 6 heteroatoms. The summed E-state index contributed by atoms with van der Waals surface area (Å²) in [5, 5.41) is 1.06. The fourth-order valence-corrected chi connectivity index (χ4v) is 3.88. The summed E-state index contributed by atoms with van der Waals surface area (Å²) in [7, 11) is 1.55. The lowest BCUT2D eigenvalue weighted by molar-refractivity contribution is -0.113. The second-order valence-corrected chi connectivity index (χ2v) is 7.94. The summed E-state index contributed by atoms with van der Waals surface area (Å²) in [5.41, 5.74) is 3.72. The summed E-state index contributed by atoms with van der Waals surface area (Å²) >= 11 is 12.4. The predicted octanol–water partition coefficient (Wildman–Crippen LogP) is 6.87. The number of nitrogens with zero attached hydrogens (tertiary/aromatic N) is 1. The molecule has 1 amide bonds. The SMILES string of the molecule is CCOc1ccc(/C=C2\C=C(c3ccc(Cl)cc3)N(c3ccc(OC)c(Cl)c3)C2=O)cc1. The highest BCUT2D eigenvalue weighted by molar-refractivity contribution is 6.33. The molecule has 0 atom stereocenters. The molecular weight excluding hydrogens is 445 g/mol. The first-order chi connectivity index (χ1) is 15.5. The summed E-state index contributed by atoms with van der Waals surface area (Å²) < 4.78 is 10.8. The van der Waals surface area contributed by atoms with E-state index in [-0.39, 0.29) is 5.91 Å². The Morgan fingerprint density at radius 3 is 2.31 bits per heavy atom. The monoisotopic (exact) mass is 465 g/mol. The Morgan fingerprint density at radius 2 is 1.69 bits per heavy atom. The van der Waals surface area contributed by atoms with Crippen LogP contribution in [0.3, 0.4) is 0 Å². The largest absolute Gasteiger partial charge is 0.495 e. The van der Waals surface area contributed by atoms with E-state index in [4.69, 9.17) is 32.7 Å². The predicted molar refractivity (Wildman–Crippen MR) is 131 cm³/mol. The van der Waals surface area contributed by atoms with Gasteiger partial charge in [0, 0.05) is 10.6 Å². The number of rotatable bonds is 6. The summed E-state index contributed by atoms with van der Waals surface area (Å²) in [6, 6.07) is 20.3. The van der Waals surface area contributed by atoms with E-state index in [0.717, 1.165) is 22.6 Å². The van der Waals surface area contributed by atoms with Crippen LogP contribution in [0.25, 0.3) is 11.8 Å². The zero-order valence-corrected chi connectivity index (χ0v) is 19.2. The lowest BCUT2D eigenvalue weighted by Gasteiger charge is -2.21. The van der Waals surface area contributed by atoms with Crippen molar-refractivity contribution in [1.82, 2.24) is 0 Å². The van der Waals surface area contributed by atoms with E-state index in [1.54, 1.807) is 36.3 Å². The van der Waals surface area contributed by atoms with Crippen LogP contribution in [-0.4, -0.2) is 19.6 Å². The van der Waals surface area contributed by atoms with Crippen LogP contribution in [0, 0.1) is 0 Å². The van der Waals surface area contributed by atoms with E-state index in [2.05, 4.69) is 0 Å². The Morgan fingerprint density at radius 1 is 0.969 bits per heavy atom. The number of methoxy groups -OCH3 is 1. The minimum Gasteiger partial charge on any atom is -0.495 e. The Labute approximate surface area is 197 Å². The molecule has 0 bridgehead atoms. The van der Waals surface area contributed by atoms with Crippen LogP contribution in [0.4, 0.5) is 5.69 Å². The molecule has 0 radical (unpaired) electrons. The van der Waals surface area contributed by atoms with Crippen LogP contribution in [0.5, 0.6) is 11.5 Å². The van der Waals surface area contributed by atoms with Gasteiger partial charge in [0.25, 0.3) is 5.91 Å². The van der Waals surface area contributed by atoms with Gasteiger partial charge in [0.1, 0.15) is 11.5 Å². The number of hydrogen-bond donors (Lipinski definition) is 0. The van der Waals surface area contributed by atoms with Gasteiger partial charge in [0.05, 0.1) is 30.1 Å². The number of anilines is 1. The number of halogens is 2. The maximum absolute atomic E-state index is 13.5. The molecule has 1 aliphatic heterocycles. The van der Waals surface area contributed by atoms with Crippen LogP contribution in [0.15, 0.2) is 78.4 Å². The van der Waals surface area contributed by atoms with Gasteiger partial charge in [0.2, 0.25) is 0 Å². The van der Waals surface area contributed by atoms with E-state index in [9.17, 15) is 4.79 Å². The third-order valence-corrected chi connectivity index (χ3v) is 5.58. The third kappa shape index (κ3) is 4.52. The maximum Gasteiger partial charge on any atom is 0.262 e. The highest BCUT2D eigenvalue weighted by atomic mass is 35.5. The molecule has 0 aliphatic carbocycles. The highest BCUT2D eigenvalue weighted by Gasteiger charge is 2.30. The normalized spacial score (nSPS) is 14.6. The van der Waals surface area contributed by atoms with E-state index in [0.29, 0.717) is 33.7 Å². The molecule has 0 saturated carbocycles. The van der Waals surface area contributed by atoms with Crippen molar-refractivity contribution in [3.8, 4) is 11.5 Å². The fourth-order valence-electron chi connectivity index (χ4n) is 3.51. The van der Waals surface area contributed by atoms with Crippen molar-refractivity contribution in [2.75, 3.05) is 18.6 Å². The van der Waals surface area contributed by atoms with Gasteiger partial charge in [-0.05, 0) is 72.7 Å². The molecule has 1 heterocycles. The van der Waals surface area contributed by atoms with E-state index in [1.807, 2.05) is 61.5 Å². The number of amides is 1. The molecule has 4 nitrogen and oxygen atoms in total. The molecule has 4 rings (SSSR count). The number of hydrogen-bond acceptors (Lipinski definition) is 3. The molecule has 1 aliphatic rings. The Kier molecular flexibility index (Phi) is 6.54. The van der Waals surface area contributed by atoms with Gasteiger partial charge in [0.15, 0.2) is 0 Å². The zero-order chi connectivity index (χ0) is 22.7. The zero-order valence-electron chi connectivity index (χ0n) is 17.6. The van der Waals surface area contributed by atoms with Gasteiger partial charge in [-0.3, -0.25) is 9.69 Å². The van der Waals surface area contributed by atoms with Gasteiger partial charge in [-0.25, -0.2) is 0 Å². The summed E-state index contributed by atoms with van der Waals surface area (Å²) in [4.78, 5) is 15.1. The summed E-state index contributed by atoms with van der Waals surface area (Å²) in [6.45, 7) is 2.54. The molecule has 0 spiro atoms. The number of carbonyl (C=O) groups excluding carboxylic acids is 1. The average Bonchev–Trinajstić information content (AvgIpc) is 3.11. The lowest BCUT2D eigenvalue weighted by Crippen LogP contribution is -2.25. The molecular formula is C26H21Cl2NO3. The van der Waals surface area contributed by atoms with Gasteiger partial charge >= 0.3 is 0 Å². The van der Waals surface area contributed by atoms with Crippen molar-refractivity contribution in [3.05, 3.63) is 99.6 Å². The third-order valence-electron chi connectivity index (χ3n) is 5.03. The van der Waals surface area contributed by atoms with Gasteiger partial charge in [-0.2, -0.15) is 0 Å². The standard InChI is InChI=1S/C26H21Cl2NO3/c1-3-32-22-11-4-17(5-12-22)14-19-15-24(18-6-8-20(27)9-7-18)29(26(19)30)21-10-13-25(31-2)23(28)16-21/h4-16H,3H2,1-2H3/b19-14+. The summed E-state index contributed by atoms with van der Waals surface area (Å²) in [5.74, 6) is 1.19. The highest BCUT2D eigenvalue weighted by Crippen LogP contribution is 2.38. The Bertz CT molecular complexity index is 1200. The van der Waals surface area contributed by atoms with Crippen molar-refractivity contribution < 1.29 is 14.3 Å². The summed E-state index contributed by atoms with van der Waals surface area (Å²) in [6.07, 6.45) is 3.74. The van der Waals surface area contributed by atoms with E-state index in [1.165, 1.54) is 0 Å². The van der Waals surface area contributed by atoms with Crippen molar-refractivity contribution in [3.63, 3.8) is 0 Å². The fraction of sp³-hybridized carbons (Fsp3) is 0.115. The van der Waals surface area contributed by atoms with Crippen LogP contribution >= 0.6 is 23.2 Å². The van der Waals surface area contributed by atoms with E-state index < -0.39 is 0 Å². The molecule has 0 unspecified atom stereocenters. The molecule has 3 aromatic rings. The van der Waals surface area contributed by atoms with Gasteiger partial charge in [-0.15, -0.1) is 0 Å². The molecule has 3 aromatic carbocycles. The quantitative estimate of drug-likeness (QED) is 0.372. The molecule has 0 fully saturated rings. The smallest absolute Gasteiger partial charge is 0.262 e. The lowest BCUT2D eigenvalue weighted by atomic mass is 10.1. The number of carbonyl (C=O) groups is 1.